The van der Waals surface area contributed by atoms with Crippen molar-refractivity contribution in [3.05, 3.63) is 35.9 Å². The molecule has 9 atom stereocenters. The highest BCUT2D eigenvalue weighted by Crippen LogP contribution is 2.66. The number of carbonyl (C=O) groups is 2. The average Bonchev–Trinajstić information content (AvgIpc) is 3.53. The number of aliphatic hydroxyl groups is 1. The summed E-state index contributed by atoms with van der Waals surface area (Å²) in [5.41, 5.74) is 1.45. The van der Waals surface area contributed by atoms with Crippen LogP contribution in [-0.4, -0.2) is 46.7 Å². The van der Waals surface area contributed by atoms with Crippen molar-refractivity contribution in [2.24, 2.45) is 34.5 Å². The Morgan fingerprint density at radius 2 is 1.74 bits per heavy atom. The Balaban J connectivity index is 1.09. The number of hydrogen-bond donors (Lipinski definition) is 2. The first kappa shape index (κ1) is 26.2. The van der Waals surface area contributed by atoms with Crippen molar-refractivity contribution in [2.75, 3.05) is 6.54 Å². The molecule has 4 saturated carbocycles. The number of amides is 2. The third-order valence-corrected chi connectivity index (χ3v) is 11.9. The second-order valence-corrected chi connectivity index (χ2v) is 13.7. The molecule has 4 aliphatic carbocycles. The van der Waals surface area contributed by atoms with E-state index in [1.165, 1.54) is 38.5 Å². The summed E-state index contributed by atoms with van der Waals surface area (Å²) in [5, 5.41) is 13.8. The van der Waals surface area contributed by atoms with Crippen LogP contribution in [0, 0.1) is 34.5 Å². The highest BCUT2D eigenvalue weighted by Gasteiger charge is 2.60. The van der Waals surface area contributed by atoms with Gasteiger partial charge in [-0.25, -0.2) is 4.79 Å². The number of likely N-dealkylation sites (tertiary alicyclic amines) is 1. The molecule has 1 aromatic carbocycles. The number of fused-ring (bicyclic) bond motifs is 5. The van der Waals surface area contributed by atoms with Crippen LogP contribution in [0.5, 0.6) is 0 Å². The first-order chi connectivity index (χ1) is 18.3. The van der Waals surface area contributed by atoms with Gasteiger partial charge in [0.25, 0.3) is 0 Å². The lowest BCUT2D eigenvalue weighted by Gasteiger charge is -2.61. The zero-order valence-electron chi connectivity index (χ0n) is 23.2. The Morgan fingerprint density at radius 3 is 2.55 bits per heavy atom. The maximum absolute atomic E-state index is 13.6. The van der Waals surface area contributed by atoms with Crippen LogP contribution in [0.3, 0.4) is 0 Å². The molecular formula is C32H46N2O4. The van der Waals surface area contributed by atoms with Crippen LogP contribution in [0.25, 0.3) is 0 Å². The number of nitrogens with zero attached hydrogens (tertiary/aromatic N) is 1. The molecule has 1 saturated heterocycles. The van der Waals surface area contributed by atoms with Gasteiger partial charge in [0.05, 0.1) is 6.10 Å². The topological polar surface area (TPSA) is 78.9 Å². The number of rotatable bonds is 4. The molecule has 0 unspecified atom stereocenters. The van der Waals surface area contributed by atoms with Crippen LogP contribution in [-0.2, 0) is 16.1 Å². The third kappa shape index (κ3) is 4.45. The Morgan fingerprint density at radius 1 is 0.974 bits per heavy atom. The minimum absolute atomic E-state index is 0.00472. The van der Waals surface area contributed by atoms with Crippen LogP contribution in [0.4, 0.5) is 4.79 Å². The molecule has 1 aromatic rings. The van der Waals surface area contributed by atoms with Crippen molar-refractivity contribution in [1.82, 2.24) is 10.2 Å². The van der Waals surface area contributed by atoms with Crippen molar-refractivity contribution >= 4 is 12.0 Å². The van der Waals surface area contributed by atoms with Crippen molar-refractivity contribution in [2.45, 2.75) is 109 Å². The van der Waals surface area contributed by atoms with Crippen LogP contribution < -0.4 is 5.32 Å². The van der Waals surface area contributed by atoms with Gasteiger partial charge in [-0.1, -0.05) is 44.2 Å². The minimum Gasteiger partial charge on any atom is -0.445 e. The highest BCUT2D eigenvalue weighted by molar-refractivity contribution is 5.86. The van der Waals surface area contributed by atoms with E-state index in [0.29, 0.717) is 30.2 Å². The fraction of sp³-hybridized carbons (Fsp3) is 0.750. The van der Waals surface area contributed by atoms with Crippen LogP contribution in [0.15, 0.2) is 30.3 Å². The number of aliphatic hydroxyl groups excluding tert-OH is 1. The number of nitrogens with one attached hydrogen (secondary N) is 1. The Kier molecular flexibility index (Phi) is 6.99. The molecule has 0 radical (unpaired) electrons. The predicted molar refractivity (Wildman–Crippen MR) is 146 cm³/mol. The maximum Gasteiger partial charge on any atom is 0.410 e. The van der Waals surface area contributed by atoms with Crippen LogP contribution >= 0.6 is 0 Å². The van der Waals surface area contributed by atoms with E-state index in [2.05, 4.69) is 19.2 Å². The lowest BCUT2D eigenvalue weighted by atomic mass is 9.45. The first-order valence-corrected chi connectivity index (χ1v) is 15.3. The largest absolute Gasteiger partial charge is 0.445 e. The van der Waals surface area contributed by atoms with Gasteiger partial charge in [-0.05, 0) is 111 Å². The summed E-state index contributed by atoms with van der Waals surface area (Å²) in [4.78, 5) is 28.1. The van der Waals surface area contributed by atoms with E-state index >= 15 is 0 Å². The SMILES string of the molecule is C[C@]12CC[C@@H](O)C[C@H]1CC[C@@H]1[C@@H]2CC[C@]2(C)[C@@H](NC(=O)[C@@H]3CCCN3C(=O)OCc3ccccc3)CC[C@@H]12. The van der Waals surface area contributed by atoms with Gasteiger partial charge in [0, 0.05) is 12.6 Å². The molecule has 1 heterocycles. The molecule has 1 aliphatic heterocycles. The van der Waals surface area contributed by atoms with E-state index in [0.717, 1.165) is 43.1 Å². The highest BCUT2D eigenvalue weighted by atomic mass is 16.6. The monoisotopic (exact) mass is 522 g/mol. The normalized spacial score (nSPS) is 42.1. The molecule has 5 aliphatic rings. The predicted octanol–water partition coefficient (Wildman–Crippen LogP) is 5.68. The number of ether oxygens (including phenoxy) is 1. The summed E-state index contributed by atoms with van der Waals surface area (Å²) < 4.78 is 5.58. The quantitative estimate of drug-likeness (QED) is 0.534. The van der Waals surface area contributed by atoms with E-state index in [9.17, 15) is 14.7 Å². The van der Waals surface area contributed by atoms with E-state index in [4.69, 9.17) is 4.74 Å². The minimum atomic E-state index is -0.430. The van der Waals surface area contributed by atoms with E-state index in [1.807, 2.05) is 30.3 Å². The molecule has 2 N–H and O–H groups in total. The molecule has 6 nitrogen and oxygen atoms in total. The Hall–Kier alpha value is -2.08. The van der Waals surface area contributed by atoms with Crippen molar-refractivity contribution in [3.63, 3.8) is 0 Å². The Bertz CT molecular complexity index is 1030. The van der Waals surface area contributed by atoms with Gasteiger partial charge in [-0.2, -0.15) is 0 Å². The summed E-state index contributed by atoms with van der Waals surface area (Å²) in [6.07, 6.45) is 11.4. The standard InChI is InChI=1S/C32H46N2O4/c1-31-16-14-23(35)19-22(31)10-11-24-25-12-13-28(32(25,2)17-15-26(24)31)33-29(36)27-9-6-18-34(27)30(37)38-20-21-7-4-3-5-8-21/h3-5,7-8,22-28,35H,6,9-20H2,1-2H3,(H,33,36)/t22-,23-,24+,25+,26+,27+,28+,31+,32+/m1/s1. The summed E-state index contributed by atoms with van der Waals surface area (Å²) >= 11 is 0. The first-order valence-electron chi connectivity index (χ1n) is 15.3. The molecule has 0 spiro atoms. The van der Waals surface area contributed by atoms with Crippen LogP contribution in [0.1, 0.15) is 90.0 Å². The van der Waals surface area contributed by atoms with Crippen molar-refractivity contribution in [1.29, 1.82) is 0 Å². The zero-order valence-corrected chi connectivity index (χ0v) is 23.2. The lowest BCUT2D eigenvalue weighted by molar-refractivity contribution is -0.132. The molecule has 5 fully saturated rings. The fourth-order valence-electron chi connectivity index (χ4n) is 9.80. The van der Waals surface area contributed by atoms with Crippen molar-refractivity contribution in [3.8, 4) is 0 Å². The van der Waals surface area contributed by atoms with E-state index in [1.54, 1.807) is 4.90 Å². The molecule has 208 valence electrons. The molecule has 6 rings (SSSR count). The smallest absolute Gasteiger partial charge is 0.410 e. The summed E-state index contributed by atoms with van der Waals surface area (Å²) in [7, 11) is 0. The molecule has 38 heavy (non-hydrogen) atoms. The summed E-state index contributed by atoms with van der Waals surface area (Å²) in [6, 6.07) is 9.45. The molecule has 0 bridgehead atoms. The van der Waals surface area contributed by atoms with Crippen LogP contribution in [0.2, 0.25) is 0 Å². The van der Waals surface area contributed by atoms with Gasteiger partial charge in [0.2, 0.25) is 5.91 Å². The number of carbonyl (C=O) groups excluding carboxylic acids is 2. The molecule has 2 amide bonds. The van der Waals surface area contributed by atoms with E-state index < -0.39 is 6.04 Å². The molecule has 6 heteroatoms. The number of hydrogen-bond acceptors (Lipinski definition) is 4. The van der Waals surface area contributed by atoms with Gasteiger partial charge < -0.3 is 15.2 Å². The summed E-state index contributed by atoms with van der Waals surface area (Å²) in [6.45, 7) is 5.77. The molecule has 0 aromatic heterocycles. The average molecular weight is 523 g/mol. The summed E-state index contributed by atoms with van der Waals surface area (Å²) in [5.74, 6) is 2.83. The fourth-order valence-corrected chi connectivity index (χ4v) is 9.80. The van der Waals surface area contributed by atoms with Gasteiger partial charge >= 0.3 is 6.09 Å². The zero-order chi connectivity index (χ0) is 26.5. The third-order valence-electron chi connectivity index (χ3n) is 11.9. The Labute approximate surface area is 227 Å². The van der Waals surface area contributed by atoms with Gasteiger partial charge in [0.15, 0.2) is 0 Å². The van der Waals surface area contributed by atoms with Gasteiger partial charge in [-0.15, -0.1) is 0 Å². The van der Waals surface area contributed by atoms with Gasteiger partial charge in [0.1, 0.15) is 12.6 Å². The van der Waals surface area contributed by atoms with Gasteiger partial charge in [-0.3, -0.25) is 9.69 Å². The second-order valence-electron chi connectivity index (χ2n) is 13.7. The molecular weight excluding hydrogens is 476 g/mol. The van der Waals surface area contributed by atoms with Crippen molar-refractivity contribution < 1.29 is 19.4 Å². The van der Waals surface area contributed by atoms with E-state index in [-0.39, 0.29) is 36.2 Å². The second kappa shape index (κ2) is 10.1. The lowest BCUT2D eigenvalue weighted by Crippen LogP contribution is -2.57. The maximum atomic E-state index is 13.6. The number of benzene rings is 1.